The first kappa shape index (κ1) is 15.3. The number of rotatable bonds is 3. The van der Waals surface area contributed by atoms with E-state index in [9.17, 15) is 14.9 Å². The van der Waals surface area contributed by atoms with Gasteiger partial charge in [0, 0.05) is 23.3 Å². The van der Waals surface area contributed by atoms with Crippen molar-refractivity contribution in [3.8, 4) is 17.0 Å². The number of ether oxygens (including phenoxy) is 1. The molecule has 25 heavy (non-hydrogen) atoms. The highest BCUT2D eigenvalue weighted by Gasteiger charge is 2.22. The Morgan fingerprint density at radius 2 is 1.96 bits per heavy atom. The van der Waals surface area contributed by atoms with Gasteiger partial charge in [-0.2, -0.15) is 0 Å². The van der Waals surface area contributed by atoms with Crippen molar-refractivity contribution in [3.05, 3.63) is 69.1 Å². The van der Waals surface area contributed by atoms with Crippen LogP contribution in [0.3, 0.4) is 0 Å². The predicted octanol–water partition coefficient (Wildman–Crippen LogP) is 3.86. The van der Waals surface area contributed by atoms with E-state index in [2.05, 4.69) is 10.3 Å². The van der Waals surface area contributed by atoms with E-state index < -0.39 is 4.92 Å². The molecule has 0 fully saturated rings. The molecule has 2 heterocycles. The van der Waals surface area contributed by atoms with Crippen LogP contribution in [0.25, 0.3) is 11.3 Å². The molecular formula is C17H11N3O4S. The van der Waals surface area contributed by atoms with Crippen LogP contribution in [0.15, 0.2) is 48.5 Å². The summed E-state index contributed by atoms with van der Waals surface area (Å²) in [6.45, 7) is 0.414. The van der Waals surface area contributed by atoms with Crippen LogP contribution in [0.1, 0.15) is 15.2 Å². The zero-order valence-corrected chi connectivity index (χ0v) is 13.6. The summed E-state index contributed by atoms with van der Waals surface area (Å²) in [5.41, 5.74) is 1.98. The van der Waals surface area contributed by atoms with Crippen LogP contribution in [0, 0.1) is 10.1 Å². The number of hydrogen-bond donors (Lipinski definition) is 1. The van der Waals surface area contributed by atoms with E-state index in [1.54, 1.807) is 0 Å². The lowest BCUT2D eigenvalue weighted by atomic mass is 10.1. The number of carbonyl (C=O) groups excluding carboxylic acids is 1. The van der Waals surface area contributed by atoms with Gasteiger partial charge in [0.25, 0.3) is 11.6 Å². The van der Waals surface area contributed by atoms with E-state index in [-0.39, 0.29) is 11.6 Å². The minimum atomic E-state index is -0.506. The van der Waals surface area contributed by atoms with Crippen LogP contribution >= 0.6 is 11.3 Å². The second-order valence-corrected chi connectivity index (χ2v) is 6.42. The number of nitrogens with one attached hydrogen (secondary N) is 1. The molecule has 2 aromatic carbocycles. The molecular weight excluding hydrogens is 342 g/mol. The van der Waals surface area contributed by atoms with Gasteiger partial charge in [-0.15, -0.1) is 0 Å². The molecule has 3 aromatic rings. The molecule has 0 saturated carbocycles. The Morgan fingerprint density at radius 3 is 2.72 bits per heavy atom. The highest BCUT2D eigenvalue weighted by molar-refractivity contribution is 7.16. The van der Waals surface area contributed by atoms with Gasteiger partial charge >= 0.3 is 0 Å². The maximum Gasteiger partial charge on any atom is 0.269 e. The second-order valence-electron chi connectivity index (χ2n) is 5.33. The number of non-ortho nitro benzene ring substituents is 1. The molecule has 0 radical (unpaired) electrons. The number of nitro benzene ring substituents is 1. The number of hydrogen-bond acceptors (Lipinski definition) is 6. The molecule has 0 aliphatic carbocycles. The molecule has 0 saturated heterocycles. The largest absolute Gasteiger partial charge is 0.487 e. The molecule has 1 N–H and O–H groups in total. The van der Waals surface area contributed by atoms with Crippen molar-refractivity contribution >= 4 is 28.1 Å². The average molecular weight is 353 g/mol. The van der Waals surface area contributed by atoms with Crippen molar-refractivity contribution in [2.45, 2.75) is 6.61 Å². The molecule has 0 unspecified atom stereocenters. The van der Waals surface area contributed by atoms with E-state index in [1.807, 2.05) is 24.3 Å². The summed E-state index contributed by atoms with van der Waals surface area (Å²) >= 11 is 1.35. The third kappa shape index (κ3) is 2.83. The van der Waals surface area contributed by atoms with Crippen LogP contribution in [0.5, 0.6) is 5.75 Å². The number of nitrogens with zero attached hydrogens (tertiary/aromatic N) is 2. The maximum absolute atomic E-state index is 12.3. The molecule has 7 nitrogen and oxygen atoms in total. The molecule has 124 valence electrons. The monoisotopic (exact) mass is 353 g/mol. The molecule has 1 aromatic heterocycles. The molecule has 0 atom stereocenters. The fourth-order valence-corrected chi connectivity index (χ4v) is 3.43. The van der Waals surface area contributed by atoms with Crippen LogP contribution in [-0.2, 0) is 6.61 Å². The molecule has 1 aliphatic rings. The van der Waals surface area contributed by atoms with E-state index >= 15 is 0 Å². The Balaban J connectivity index is 1.57. The number of fused-ring (bicyclic) bond motifs is 3. The Kier molecular flexibility index (Phi) is 3.66. The van der Waals surface area contributed by atoms with Crippen molar-refractivity contribution in [3.63, 3.8) is 0 Å². The summed E-state index contributed by atoms with van der Waals surface area (Å²) in [4.78, 5) is 27.9. The number of nitro groups is 1. The maximum atomic E-state index is 12.3. The van der Waals surface area contributed by atoms with E-state index in [0.717, 1.165) is 21.9 Å². The Morgan fingerprint density at radius 1 is 1.20 bits per heavy atom. The van der Waals surface area contributed by atoms with Crippen molar-refractivity contribution in [2.75, 3.05) is 5.32 Å². The summed E-state index contributed by atoms with van der Waals surface area (Å²) in [6, 6.07) is 13.0. The van der Waals surface area contributed by atoms with Crippen molar-refractivity contribution < 1.29 is 14.5 Å². The second kappa shape index (κ2) is 5.99. The van der Waals surface area contributed by atoms with Gasteiger partial charge in [-0.3, -0.25) is 20.2 Å². The lowest BCUT2D eigenvalue weighted by Crippen LogP contribution is -2.11. The summed E-state index contributed by atoms with van der Waals surface area (Å²) in [7, 11) is 0. The number of benzene rings is 2. The topological polar surface area (TPSA) is 94.4 Å². The Labute approximate surface area is 146 Å². The van der Waals surface area contributed by atoms with Crippen LogP contribution in [-0.4, -0.2) is 15.8 Å². The fourth-order valence-electron chi connectivity index (χ4n) is 2.55. The summed E-state index contributed by atoms with van der Waals surface area (Å²) in [5, 5.41) is 13.9. The average Bonchev–Trinajstić information content (AvgIpc) is 3.04. The molecule has 1 amide bonds. The van der Waals surface area contributed by atoms with Gasteiger partial charge in [0.2, 0.25) is 0 Å². The SMILES string of the molecule is O=C(Nc1nc2c(s1)COc1ccccc1-2)c1ccc([N+](=O)[O-])cc1. The van der Waals surface area contributed by atoms with E-state index in [4.69, 9.17) is 4.74 Å². The number of thiazole rings is 1. The van der Waals surface area contributed by atoms with E-state index in [0.29, 0.717) is 17.3 Å². The quantitative estimate of drug-likeness (QED) is 0.570. The van der Waals surface area contributed by atoms with Gasteiger partial charge in [-0.1, -0.05) is 23.5 Å². The summed E-state index contributed by atoms with van der Waals surface area (Å²) in [6.07, 6.45) is 0. The molecule has 4 rings (SSSR count). The Bertz CT molecular complexity index is 982. The minimum absolute atomic E-state index is 0.0602. The zero-order chi connectivity index (χ0) is 17.4. The summed E-state index contributed by atoms with van der Waals surface area (Å²) < 4.78 is 5.68. The molecule has 0 bridgehead atoms. The van der Waals surface area contributed by atoms with Gasteiger partial charge < -0.3 is 4.74 Å². The third-order valence-corrected chi connectivity index (χ3v) is 4.70. The summed E-state index contributed by atoms with van der Waals surface area (Å²) in [5.74, 6) is 0.406. The predicted molar refractivity (Wildman–Crippen MR) is 92.9 cm³/mol. The van der Waals surface area contributed by atoms with Gasteiger partial charge in [-0.05, 0) is 24.3 Å². The van der Waals surface area contributed by atoms with Crippen LogP contribution < -0.4 is 10.1 Å². The lowest BCUT2D eigenvalue weighted by Gasteiger charge is -2.15. The highest BCUT2D eigenvalue weighted by atomic mass is 32.1. The smallest absolute Gasteiger partial charge is 0.269 e. The van der Waals surface area contributed by atoms with Gasteiger partial charge in [0.15, 0.2) is 5.13 Å². The minimum Gasteiger partial charge on any atom is -0.487 e. The van der Waals surface area contributed by atoms with Crippen LogP contribution in [0.2, 0.25) is 0 Å². The first-order valence-corrected chi connectivity index (χ1v) is 8.21. The van der Waals surface area contributed by atoms with Gasteiger partial charge in [0.05, 0.1) is 15.5 Å². The van der Waals surface area contributed by atoms with Gasteiger partial charge in [0.1, 0.15) is 12.4 Å². The van der Waals surface area contributed by atoms with Crippen LogP contribution in [0.4, 0.5) is 10.8 Å². The fraction of sp³-hybridized carbons (Fsp3) is 0.0588. The standard InChI is InChI=1S/C17H11N3O4S/c21-16(10-5-7-11(8-6-10)20(22)23)19-17-18-15-12-3-1-2-4-13(12)24-9-14(15)25-17/h1-8H,9H2,(H,18,19,21). The number of carbonyl (C=O) groups is 1. The van der Waals surface area contributed by atoms with Crippen molar-refractivity contribution in [1.29, 1.82) is 0 Å². The zero-order valence-electron chi connectivity index (χ0n) is 12.8. The third-order valence-electron chi connectivity index (χ3n) is 3.76. The number of aromatic nitrogens is 1. The lowest BCUT2D eigenvalue weighted by molar-refractivity contribution is -0.384. The normalized spacial score (nSPS) is 11.8. The number of anilines is 1. The van der Waals surface area contributed by atoms with Crippen molar-refractivity contribution in [1.82, 2.24) is 4.98 Å². The molecule has 0 spiro atoms. The van der Waals surface area contributed by atoms with Gasteiger partial charge in [-0.25, -0.2) is 4.98 Å². The molecule has 8 heteroatoms. The Hall–Kier alpha value is -3.26. The number of amides is 1. The first-order valence-electron chi connectivity index (χ1n) is 7.39. The number of para-hydroxylation sites is 1. The van der Waals surface area contributed by atoms with Crippen molar-refractivity contribution in [2.24, 2.45) is 0 Å². The van der Waals surface area contributed by atoms with E-state index in [1.165, 1.54) is 35.6 Å². The highest BCUT2D eigenvalue weighted by Crippen LogP contribution is 2.40. The first-order chi connectivity index (χ1) is 12.1. The molecule has 1 aliphatic heterocycles.